The van der Waals surface area contributed by atoms with E-state index < -0.39 is 0 Å². The monoisotopic (exact) mass is 237 g/mol. The molecule has 2 aromatic heterocycles. The number of imidazole rings is 1. The summed E-state index contributed by atoms with van der Waals surface area (Å²) in [7, 11) is 0. The highest BCUT2D eigenvalue weighted by Gasteiger charge is 2.11. The van der Waals surface area contributed by atoms with Crippen molar-refractivity contribution in [2.75, 3.05) is 5.73 Å². The lowest BCUT2D eigenvalue weighted by molar-refractivity contribution is 0.796. The summed E-state index contributed by atoms with van der Waals surface area (Å²) in [6, 6.07) is 0. The molecule has 0 aromatic carbocycles. The van der Waals surface area contributed by atoms with Crippen molar-refractivity contribution in [3.63, 3.8) is 0 Å². The zero-order valence-electron chi connectivity index (χ0n) is 8.89. The van der Waals surface area contributed by atoms with Crippen molar-refractivity contribution in [1.82, 2.24) is 19.5 Å². The van der Waals surface area contributed by atoms with Gasteiger partial charge in [0, 0.05) is 18.8 Å². The fraction of sp³-hybridized carbons (Fsp3) is 0.300. The van der Waals surface area contributed by atoms with Gasteiger partial charge < -0.3 is 5.73 Å². The number of aromatic nitrogens is 4. The molecule has 16 heavy (non-hydrogen) atoms. The summed E-state index contributed by atoms with van der Waals surface area (Å²) in [5, 5.41) is 0.359. The van der Waals surface area contributed by atoms with Crippen LogP contribution in [0.25, 0.3) is 5.82 Å². The number of nitrogens with two attached hydrogens (primary N) is 1. The lowest BCUT2D eigenvalue weighted by Gasteiger charge is -2.08. The van der Waals surface area contributed by atoms with Gasteiger partial charge in [0.1, 0.15) is 23.0 Å². The quantitative estimate of drug-likeness (QED) is 0.885. The van der Waals surface area contributed by atoms with E-state index in [1.54, 1.807) is 6.20 Å². The van der Waals surface area contributed by atoms with Crippen molar-refractivity contribution >= 4 is 17.4 Å². The minimum absolute atomic E-state index is 0.280. The maximum Gasteiger partial charge on any atom is 0.162 e. The lowest BCUT2D eigenvalue weighted by atomic mass is 10.3. The number of nitrogens with zero attached hydrogens (tertiary/aromatic N) is 4. The number of hydrogen-bond donors (Lipinski definition) is 1. The third-order valence-corrected chi connectivity index (χ3v) is 2.58. The highest BCUT2D eigenvalue weighted by atomic mass is 35.5. The SMILES string of the molecule is CCCc1nccn1-c1ncnc(N)c1Cl. The van der Waals surface area contributed by atoms with E-state index in [1.807, 2.05) is 10.8 Å². The van der Waals surface area contributed by atoms with Crippen LogP contribution in [0.15, 0.2) is 18.7 Å². The van der Waals surface area contributed by atoms with Gasteiger partial charge in [0.2, 0.25) is 0 Å². The molecular weight excluding hydrogens is 226 g/mol. The summed E-state index contributed by atoms with van der Waals surface area (Å²) in [5.41, 5.74) is 5.63. The summed E-state index contributed by atoms with van der Waals surface area (Å²) in [4.78, 5) is 12.2. The van der Waals surface area contributed by atoms with Crippen LogP contribution in [-0.2, 0) is 6.42 Å². The standard InChI is InChI=1S/C10H12ClN5/c1-2-3-7-13-4-5-16(7)10-8(11)9(12)14-6-15-10/h4-6H,2-3H2,1H3,(H2,12,14,15). The Morgan fingerprint density at radius 2 is 2.19 bits per heavy atom. The molecule has 0 atom stereocenters. The van der Waals surface area contributed by atoms with E-state index in [1.165, 1.54) is 6.33 Å². The first kappa shape index (κ1) is 10.9. The number of hydrogen-bond acceptors (Lipinski definition) is 4. The average Bonchev–Trinajstić information content (AvgIpc) is 2.71. The predicted octanol–water partition coefficient (Wildman–Crippen LogP) is 1.85. The Hall–Kier alpha value is -1.62. The molecule has 0 aliphatic heterocycles. The molecule has 0 saturated heterocycles. The Morgan fingerprint density at radius 1 is 1.38 bits per heavy atom. The second-order valence-electron chi connectivity index (χ2n) is 3.36. The average molecular weight is 238 g/mol. The molecule has 5 nitrogen and oxygen atoms in total. The normalized spacial score (nSPS) is 10.6. The molecule has 2 rings (SSSR count). The van der Waals surface area contributed by atoms with Crippen LogP contribution in [0.5, 0.6) is 0 Å². The summed E-state index contributed by atoms with van der Waals surface area (Å²) < 4.78 is 1.84. The van der Waals surface area contributed by atoms with Crippen molar-refractivity contribution in [3.05, 3.63) is 29.6 Å². The van der Waals surface area contributed by atoms with Crippen LogP contribution in [0.3, 0.4) is 0 Å². The van der Waals surface area contributed by atoms with E-state index in [4.69, 9.17) is 17.3 Å². The number of anilines is 1. The predicted molar refractivity (Wildman–Crippen MR) is 62.6 cm³/mol. The van der Waals surface area contributed by atoms with Crippen molar-refractivity contribution in [2.24, 2.45) is 0 Å². The van der Waals surface area contributed by atoms with E-state index in [0.29, 0.717) is 10.8 Å². The summed E-state index contributed by atoms with van der Waals surface area (Å²) in [5.74, 6) is 1.78. The van der Waals surface area contributed by atoms with Crippen molar-refractivity contribution in [3.8, 4) is 5.82 Å². The van der Waals surface area contributed by atoms with Crippen molar-refractivity contribution < 1.29 is 0 Å². The molecule has 0 saturated carbocycles. The maximum atomic E-state index is 6.06. The Bertz CT molecular complexity index is 494. The smallest absolute Gasteiger partial charge is 0.162 e. The zero-order chi connectivity index (χ0) is 11.5. The van der Waals surface area contributed by atoms with Gasteiger partial charge >= 0.3 is 0 Å². The molecule has 0 radical (unpaired) electrons. The third-order valence-electron chi connectivity index (χ3n) is 2.22. The molecule has 0 amide bonds. The Kier molecular flexibility index (Phi) is 3.05. The van der Waals surface area contributed by atoms with Crippen LogP contribution in [-0.4, -0.2) is 19.5 Å². The van der Waals surface area contributed by atoms with Crippen LogP contribution < -0.4 is 5.73 Å². The molecule has 84 valence electrons. The zero-order valence-corrected chi connectivity index (χ0v) is 9.65. The second kappa shape index (κ2) is 4.49. The van der Waals surface area contributed by atoms with Gasteiger partial charge in [-0.15, -0.1) is 0 Å². The van der Waals surface area contributed by atoms with Crippen molar-refractivity contribution in [1.29, 1.82) is 0 Å². The van der Waals surface area contributed by atoms with Gasteiger partial charge in [-0.05, 0) is 6.42 Å². The molecule has 0 spiro atoms. The number of halogens is 1. The number of aryl methyl sites for hydroxylation is 1. The molecule has 0 unspecified atom stereocenters. The number of nitrogen functional groups attached to an aromatic ring is 1. The highest BCUT2D eigenvalue weighted by Crippen LogP contribution is 2.23. The Morgan fingerprint density at radius 3 is 2.94 bits per heavy atom. The molecular formula is C10H12ClN5. The maximum absolute atomic E-state index is 6.06. The fourth-order valence-electron chi connectivity index (χ4n) is 1.48. The van der Waals surface area contributed by atoms with Crippen LogP contribution >= 0.6 is 11.6 Å². The van der Waals surface area contributed by atoms with Crippen LogP contribution in [0, 0.1) is 0 Å². The summed E-state index contributed by atoms with van der Waals surface area (Å²) in [6.45, 7) is 2.09. The van der Waals surface area contributed by atoms with Gasteiger partial charge in [0.15, 0.2) is 5.82 Å². The van der Waals surface area contributed by atoms with Crippen molar-refractivity contribution in [2.45, 2.75) is 19.8 Å². The topological polar surface area (TPSA) is 69.6 Å². The van der Waals surface area contributed by atoms with E-state index >= 15 is 0 Å². The first-order valence-corrected chi connectivity index (χ1v) is 5.40. The summed E-state index contributed by atoms with van der Waals surface area (Å²) >= 11 is 6.06. The highest BCUT2D eigenvalue weighted by molar-refractivity contribution is 6.34. The molecule has 2 N–H and O–H groups in total. The van der Waals surface area contributed by atoms with E-state index in [-0.39, 0.29) is 5.82 Å². The third kappa shape index (κ3) is 1.86. The molecule has 0 aliphatic carbocycles. The van der Waals surface area contributed by atoms with Gasteiger partial charge in [-0.3, -0.25) is 4.57 Å². The first-order valence-electron chi connectivity index (χ1n) is 5.02. The van der Waals surface area contributed by atoms with Crippen LogP contribution in [0.1, 0.15) is 19.2 Å². The van der Waals surface area contributed by atoms with Crippen LogP contribution in [0.4, 0.5) is 5.82 Å². The lowest BCUT2D eigenvalue weighted by Crippen LogP contribution is -2.05. The molecule has 0 fully saturated rings. The van der Waals surface area contributed by atoms with E-state index in [9.17, 15) is 0 Å². The molecule has 2 heterocycles. The van der Waals surface area contributed by atoms with Gasteiger partial charge in [0.25, 0.3) is 0 Å². The van der Waals surface area contributed by atoms with Crippen LogP contribution in [0.2, 0.25) is 5.02 Å². The minimum Gasteiger partial charge on any atom is -0.382 e. The van der Waals surface area contributed by atoms with E-state index in [0.717, 1.165) is 18.7 Å². The van der Waals surface area contributed by atoms with Gasteiger partial charge in [-0.25, -0.2) is 15.0 Å². The first-order chi connectivity index (χ1) is 7.74. The molecule has 0 aliphatic rings. The fourth-order valence-corrected chi connectivity index (χ4v) is 1.67. The van der Waals surface area contributed by atoms with Gasteiger partial charge in [-0.2, -0.15) is 0 Å². The Labute approximate surface area is 98.3 Å². The Balaban J connectivity index is 2.50. The minimum atomic E-state index is 0.280. The molecule has 2 aromatic rings. The summed E-state index contributed by atoms with van der Waals surface area (Å²) in [6.07, 6.45) is 6.81. The number of rotatable bonds is 3. The second-order valence-corrected chi connectivity index (χ2v) is 3.74. The largest absolute Gasteiger partial charge is 0.382 e. The molecule has 6 heteroatoms. The van der Waals surface area contributed by atoms with Gasteiger partial charge in [0.05, 0.1) is 0 Å². The van der Waals surface area contributed by atoms with Gasteiger partial charge in [-0.1, -0.05) is 18.5 Å². The molecule has 0 bridgehead atoms. The van der Waals surface area contributed by atoms with E-state index in [2.05, 4.69) is 21.9 Å².